The van der Waals surface area contributed by atoms with Crippen molar-refractivity contribution in [3.8, 4) is 5.75 Å². The third kappa shape index (κ3) is 3.29. The SMILES string of the molecule is COc1ccc2[nH]cc(CCN(C(C)=O)C(F)(F)F)c2c1. The number of benzene rings is 1. The van der Waals surface area contributed by atoms with Crippen molar-refractivity contribution in [1.29, 1.82) is 0 Å². The molecule has 0 saturated heterocycles. The lowest BCUT2D eigenvalue weighted by molar-refractivity contribution is -0.239. The van der Waals surface area contributed by atoms with Gasteiger partial charge in [0.2, 0.25) is 5.91 Å². The number of halogens is 3. The molecule has 0 atom stereocenters. The molecule has 0 aliphatic heterocycles. The van der Waals surface area contributed by atoms with E-state index in [9.17, 15) is 18.0 Å². The van der Waals surface area contributed by atoms with Crippen molar-refractivity contribution < 1.29 is 22.7 Å². The Morgan fingerprint density at radius 1 is 1.38 bits per heavy atom. The summed E-state index contributed by atoms with van der Waals surface area (Å²) < 4.78 is 43.2. The highest BCUT2D eigenvalue weighted by molar-refractivity contribution is 5.84. The Morgan fingerprint density at radius 2 is 2.10 bits per heavy atom. The Hall–Kier alpha value is -2.18. The van der Waals surface area contributed by atoms with Gasteiger partial charge >= 0.3 is 6.30 Å². The van der Waals surface area contributed by atoms with Crippen LogP contribution in [0.1, 0.15) is 12.5 Å². The van der Waals surface area contributed by atoms with E-state index in [-0.39, 0.29) is 11.3 Å². The summed E-state index contributed by atoms with van der Waals surface area (Å²) in [4.78, 5) is 14.0. The molecule has 1 heterocycles. The minimum Gasteiger partial charge on any atom is -0.497 e. The summed E-state index contributed by atoms with van der Waals surface area (Å²) in [6.45, 7) is 0.495. The lowest BCUT2D eigenvalue weighted by Gasteiger charge is -2.23. The number of aromatic nitrogens is 1. The van der Waals surface area contributed by atoms with Crippen molar-refractivity contribution in [3.63, 3.8) is 0 Å². The number of amides is 1. The number of nitrogens with one attached hydrogen (secondary N) is 1. The number of methoxy groups -OCH3 is 1. The normalized spacial score (nSPS) is 11.7. The molecule has 0 aliphatic rings. The van der Waals surface area contributed by atoms with Crippen LogP contribution in [0, 0.1) is 0 Å². The van der Waals surface area contributed by atoms with Gasteiger partial charge in [-0.15, -0.1) is 13.2 Å². The van der Waals surface area contributed by atoms with Crippen LogP contribution in [0.25, 0.3) is 10.9 Å². The number of carbonyl (C=O) groups excluding carboxylic acids is 1. The molecule has 0 saturated carbocycles. The number of hydrogen-bond acceptors (Lipinski definition) is 2. The highest BCUT2D eigenvalue weighted by atomic mass is 19.4. The van der Waals surface area contributed by atoms with E-state index in [0.29, 0.717) is 11.3 Å². The Bertz CT molecular complexity index is 649. The number of fused-ring (bicyclic) bond motifs is 1. The summed E-state index contributed by atoms with van der Waals surface area (Å²) >= 11 is 0. The standard InChI is InChI=1S/C14H15F3N2O2/c1-9(20)19(14(15,16)17)6-5-10-8-18-13-4-3-11(21-2)7-12(10)13/h3-4,7-8,18H,5-6H2,1-2H3. The second-order valence-electron chi connectivity index (χ2n) is 4.61. The molecular weight excluding hydrogens is 285 g/mol. The van der Waals surface area contributed by atoms with Gasteiger partial charge in [0, 0.05) is 30.6 Å². The molecule has 0 fully saturated rings. The minimum absolute atomic E-state index is 0.0913. The van der Waals surface area contributed by atoms with E-state index in [1.54, 1.807) is 24.4 Å². The number of alkyl halides is 3. The van der Waals surface area contributed by atoms with Gasteiger partial charge in [-0.05, 0) is 30.2 Å². The molecule has 1 aromatic heterocycles. The van der Waals surface area contributed by atoms with Crippen LogP contribution in [0.4, 0.5) is 13.2 Å². The third-order valence-corrected chi connectivity index (χ3v) is 3.27. The molecule has 1 amide bonds. The van der Waals surface area contributed by atoms with Crippen molar-refractivity contribution in [2.75, 3.05) is 13.7 Å². The number of aromatic amines is 1. The molecule has 21 heavy (non-hydrogen) atoms. The first-order chi connectivity index (χ1) is 9.82. The van der Waals surface area contributed by atoms with Gasteiger partial charge < -0.3 is 9.72 Å². The van der Waals surface area contributed by atoms with Crippen LogP contribution < -0.4 is 4.74 Å². The maximum absolute atomic E-state index is 12.7. The maximum atomic E-state index is 12.7. The quantitative estimate of drug-likeness (QED) is 0.882. The molecule has 2 rings (SSSR count). The highest BCUT2D eigenvalue weighted by Crippen LogP contribution is 2.26. The lowest BCUT2D eigenvalue weighted by atomic mass is 10.1. The van der Waals surface area contributed by atoms with Crippen LogP contribution in [0.3, 0.4) is 0 Å². The monoisotopic (exact) mass is 300 g/mol. The zero-order valence-electron chi connectivity index (χ0n) is 11.6. The zero-order valence-corrected chi connectivity index (χ0v) is 11.6. The van der Waals surface area contributed by atoms with Gasteiger partial charge in [-0.25, -0.2) is 0 Å². The highest BCUT2D eigenvalue weighted by Gasteiger charge is 2.38. The van der Waals surface area contributed by atoms with E-state index in [2.05, 4.69) is 4.98 Å². The fraction of sp³-hybridized carbons (Fsp3) is 0.357. The van der Waals surface area contributed by atoms with Crippen LogP contribution in [0.15, 0.2) is 24.4 Å². The van der Waals surface area contributed by atoms with E-state index < -0.39 is 18.8 Å². The zero-order chi connectivity index (χ0) is 15.6. The summed E-state index contributed by atoms with van der Waals surface area (Å²) in [6, 6.07) is 5.32. The molecule has 2 aromatic rings. The van der Waals surface area contributed by atoms with Gasteiger partial charge in [0.1, 0.15) is 5.75 Å². The molecular formula is C14H15F3N2O2. The molecule has 0 aliphatic carbocycles. The average molecular weight is 300 g/mol. The summed E-state index contributed by atoms with van der Waals surface area (Å²) in [7, 11) is 1.52. The fourth-order valence-corrected chi connectivity index (χ4v) is 2.19. The van der Waals surface area contributed by atoms with Crippen LogP contribution in [0.2, 0.25) is 0 Å². The van der Waals surface area contributed by atoms with Gasteiger partial charge in [-0.2, -0.15) is 0 Å². The molecule has 1 aromatic carbocycles. The number of hydrogen-bond donors (Lipinski definition) is 1. The number of H-pyrrole nitrogens is 1. The first-order valence-corrected chi connectivity index (χ1v) is 6.32. The van der Waals surface area contributed by atoms with Crippen molar-refractivity contribution >= 4 is 16.8 Å². The first-order valence-electron chi connectivity index (χ1n) is 6.32. The van der Waals surface area contributed by atoms with E-state index >= 15 is 0 Å². The third-order valence-electron chi connectivity index (χ3n) is 3.27. The van der Waals surface area contributed by atoms with E-state index in [1.165, 1.54) is 7.11 Å². The Morgan fingerprint density at radius 3 is 2.67 bits per heavy atom. The minimum atomic E-state index is -4.66. The van der Waals surface area contributed by atoms with Gasteiger partial charge in [0.05, 0.1) is 7.11 Å². The van der Waals surface area contributed by atoms with Gasteiger partial charge in [-0.1, -0.05) is 0 Å². The van der Waals surface area contributed by atoms with E-state index in [0.717, 1.165) is 17.8 Å². The number of rotatable bonds is 4. The number of ether oxygens (including phenoxy) is 1. The van der Waals surface area contributed by atoms with Crippen molar-refractivity contribution in [3.05, 3.63) is 30.0 Å². The van der Waals surface area contributed by atoms with Crippen molar-refractivity contribution in [2.45, 2.75) is 19.6 Å². The van der Waals surface area contributed by atoms with Crippen LogP contribution >= 0.6 is 0 Å². The summed E-state index contributed by atoms with van der Waals surface area (Å²) in [5.41, 5.74) is 1.52. The van der Waals surface area contributed by atoms with Gasteiger partial charge in [0.25, 0.3) is 0 Å². The Kier molecular flexibility index (Phi) is 4.11. The summed E-state index contributed by atoms with van der Waals surface area (Å²) in [5.74, 6) is -0.387. The smallest absolute Gasteiger partial charge is 0.487 e. The van der Waals surface area contributed by atoms with Crippen molar-refractivity contribution in [2.24, 2.45) is 0 Å². The molecule has 0 bridgehead atoms. The molecule has 4 nitrogen and oxygen atoms in total. The molecule has 0 spiro atoms. The van der Waals surface area contributed by atoms with Crippen LogP contribution in [-0.2, 0) is 11.2 Å². The van der Waals surface area contributed by atoms with Gasteiger partial charge in [0.15, 0.2) is 0 Å². The second-order valence-corrected chi connectivity index (χ2v) is 4.61. The molecule has 0 unspecified atom stereocenters. The molecule has 114 valence electrons. The number of nitrogens with zero attached hydrogens (tertiary/aromatic N) is 1. The molecule has 0 radical (unpaired) electrons. The fourth-order valence-electron chi connectivity index (χ4n) is 2.19. The lowest BCUT2D eigenvalue weighted by Crippen LogP contribution is -2.42. The predicted molar refractivity (Wildman–Crippen MR) is 72.0 cm³/mol. The van der Waals surface area contributed by atoms with E-state index in [4.69, 9.17) is 4.74 Å². The second kappa shape index (κ2) is 5.67. The van der Waals surface area contributed by atoms with Crippen molar-refractivity contribution in [1.82, 2.24) is 9.88 Å². The average Bonchev–Trinajstić information content (AvgIpc) is 2.79. The Balaban J connectivity index is 2.21. The predicted octanol–water partition coefficient (Wildman–Crippen LogP) is 3.09. The number of carbonyl (C=O) groups is 1. The first kappa shape index (κ1) is 15.2. The maximum Gasteiger partial charge on any atom is 0.487 e. The van der Waals surface area contributed by atoms with E-state index in [1.807, 2.05) is 0 Å². The summed E-state index contributed by atoms with van der Waals surface area (Å²) in [6.07, 6.45) is -2.90. The topological polar surface area (TPSA) is 45.3 Å². The molecule has 7 heteroatoms. The Labute approximate surface area is 119 Å². The van der Waals surface area contributed by atoms with Crippen LogP contribution in [0.5, 0.6) is 5.75 Å². The molecule has 1 N–H and O–H groups in total. The van der Waals surface area contributed by atoms with Gasteiger partial charge in [-0.3, -0.25) is 9.69 Å². The van der Waals surface area contributed by atoms with Crippen LogP contribution in [-0.4, -0.2) is 35.7 Å². The largest absolute Gasteiger partial charge is 0.497 e. The summed E-state index contributed by atoms with van der Waals surface area (Å²) in [5, 5.41) is 0.792.